The molecular formula is C13H15N3O. The molecule has 1 aromatic rings. The molecule has 0 fully saturated rings. The van der Waals surface area contributed by atoms with E-state index < -0.39 is 0 Å². The standard InChI is InChI=1S/C13H15N3O/c1-2-3-6-16-13(17)12(10-14)9-11-4-7-15-8-5-11/h4-5,7-9H,2-3,6H2,1H3,(H,16,17)/b12-9+. The number of carbonyl (C=O) groups is 1. The predicted molar refractivity (Wildman–Crippen MR) is 65.7 cm³/mol. The number of aromatic nitrogens is 1. The number of rotatable bonds is 5. The van der Waals surface area contributed by atoms with E-state index in [1.54, 1.807) is 30.6 Å². The van der Waals surface area contributed by atoms with Gasteiger partial charge in [0.2, 0.25) is 0 Å². The molecule has 0 aliphatic heterocycles. The van der Waals surface area contributed by atoms with Crippen molar-refractivity contribution in [2.75, 3.05) is 6.54 Å². The van der Waals surface area contributed by atoms with Gasteiger partial charge in [0.1, 0.15) is 11.6 Å². The second kappa shape index (κ2) is 7.18. The Kier molecular flexibility index (Phi) is 5.45. The van der Waals surface area contributed by atoms with Crippen LogP contribution in [-0.2, 0) is 4.79 Å². The van der Waals surface area contributed by atoms with E-state index in [0.29, 0.717) is 6.54 Å². The molecule has 4 nitrogen and oxygen atoms in total. The highest BCUT2D eigenvalue weighted by Gasteiger charge is 2.07. The Bertz CT molecular complexity index is 432. The van der Waals surface area contributed by atoms with Crippen LogP contribution in [0.1, 0.15) is 25.3 Å². The molecule has 1 amide bonds. The number of pyridine rings is 1. The van der Waals surface area contributed by atoms with E-state index in [2.05, 4.69) is 10.3 Å². The van der Waals surface area contributed by atoms with Crippen LogP contribution < -0.4 is 5.32 Å². The van der Waals surface area contributed by atoms with E-state index >= 15 is 0 Å². The summed E-state index contributed by atoms with van der Waals surface area (Å²) in [6.45, 7) is 2.65. The van der Waals surface area contributed by atoms with Crippen molar-refractivity contribution in [2.45, 2.75) is 19.8 Å². The summed E-state index contributed by atoms with van der Waals surface area (Å²) in [5.41, 5.74) is 0.912. The Labute approximate surface area is 101 Å². The van der Waals surface area contributed by atoms with Crippen molar-refractivity contribution in [3.63, 3.8) is 0 Å². The molecule has 17 heavy (non-hydrogen) atoms. The van der Waals surface area contributed by atoms with E-state index in [0.717, 1.165) is 18.4 Å². The molecule has 88 valence electrons. The number of nitrogens with zero attached hydrogens (tertiary/aromatic N) is 2. The number of hydrogen-bond donors (Lipinski definition) is 1. The average molecular weight is 229 g/mol. The predicted octanol–water partition coefficient (Wildman–Crippen LogP) is 1.90. The van der Waals surface area contributed by atoms with E-state index in [-0.39, 0.29) is 11.5 Å². The molecule has 1 heterocycles. The zero-order chi connectivity index (χ0) is 12.5. The molecule has 1 rings (SSSR count). The zero-order valence-corrected chi connectivity index (χ0v) is 9.81. The molecule has 0 unspecified atom stereocenters. The lowest BCUT2D eigenvalue weighted by Gasteiger charge is -2.02. The first-order chi connectivity index (χ1) is 8.27. The van der Waals surface area contributed by atoms with Crippen LogP contribution in [0.4, 0.5) is 0 Å². The van der Waals surface area contributed by atoms with Gasteiger partial charge in [0, 0.05) is 18.9 Å². The highest BCUT2D eigenvalue weighted by Crippen LogP contribution is 2.05. The van der Waals surface area contributed by atoms with Gasteiger partial charge in [-0.1, -0.05) is 13.3 Å². The Morgan fingerprint density at radius 1 is 1.53 bits per heavy atom. The second-order valence-corrected chi connectivity index (χ2v) is 3.56. The van der Waals surface area contributed by atoms with Crippen LogP contribution in [0.2, 0.25) is 0 Å². The van der Waals surface area contributed by atoms with Gasteiger partial charge in [-0.2, -0.15) is 5.26 Å². The van der Waals surface area contributed by atoms with Crippen molar-refractivity contribution in [1.82, 2.24) is 10.3 Å². The van der Waals surface area contributed by atoms with Crippen molar-refractivity contribution < 1.29 is 4.79 Å². The second-order valence-electron chi connectivity index (χ2n) is 3.56. The third-order valence-electron chi connectivity index (χ3n) is 2.20. The fourth-order valence-electron chi connectivity index (χ4n) is 1.25. The number of nitrogens with one attached hydrogen (secondary N) is 1. The van der Waals surface area contributed by atoms with Crippen LogP contribution in [0.5, 0.6) is 0 Å². The van der Waals surface area contributed by atoms with Gasteiger partial charge in [-0.05, 0) is 30.2 Å². The van der Waals surface area contributed by atoms with E-state index in [1.807, 2.05) is 13.0 Å². The molecule has 0 saturated carbocycles. The number of carbonyl (C=O) groups excluding carboxylic acids is 1. The summed E-state index contributed by atoms with van der Waals surface area (Å²) >= 11 is 0. The maximum atomic E-state index is 11.6. The summed E-state index contributed by atoms with van der Waals surface area (Å²) in [5, 5.41) is 11.6. The fourth-order valence-corrected chi connectivity index (χ4v) is 1.25. The minimum Gasteiger partial charge on any atom is -0.351 e. The molecule has 0 aliphatic carbocycles. The molecule has 0 bridgehead atoms. The molecule has 0 atom stereocenters. The van der Waals surface area contributed by atoms with Gasteiger partial charge in [0.05, 0.1) is 0 Å². The maximum Gasteiger partial charge on any atom is 0.261 e. The largest absolute Gasteiger partial charge is 0.351 e. The van der Waals surface area contributed by atoms with Crippen molar-refractivity contribution in [3.8, 4) is 6.07 Å². The molecule has 0 radical (unpaired) electrons. The van der Waals surface area contributed by atoms with Crippen molar-refractivity contribution in [1.29, 1.82) is 5.26 Å². The zero-order valence-electron chi connectivity index (χ0n) is 9.81. The van der Waals surface area contributed by atoms with Crippen molar-refractivity contribution in [2.24, 2.45) is 0 Å². The van der Waals surface area contributed by atoms with Crippen molar-refractivity contribution >= 4 is 12.0 Å². The Hall–Kier alpha value is -2.15. The monoisotopic (exact) mass is 229 g/mol. The summed E-state index contributed by atoms with van der Waals surface area (Å²) in [5.74, 6) is -0.322. The number of amides is 1. The van der Waals surface area contributed by atoms with Crippen LogP contribution in [0.25, 0.3) is 6.08 Å². The topological polar surface area (TPSA) is 65.8 Å². The number of nitriles is 1. The average Bonchev–Trinajstić information content (AvgIpc) is 2.37. The first-order valence-corrected chi connectivity index (χ1v) is 5.58. The van der Waals surface area contributed by atoms with Crippen LogP contribution in [0.15, 0.2) is 30.1 Å². The quantitative estimate of drug-likeness (QED) is 0.476. The maximum absolute atomic E-state index is 11.6. The molecule has 0 aromatic carbocycles. The summed E-state index contributed by atoms with van der Waals surface area (Å²) in [6, 6.07) is 5.40. The molecule has 0 spiro atoms. The van der Waals surface area contributed by atoms with Gasteiger partial charge in [0.15, 0.2) is 0 Å². The van der Waals surface area contributed by atoms with Crippen LogP contribution in [0, 0.1) is 11.3 Å². The molecular weight excluding hydrogens is 214 g/mol. The minimum atomic E-state index is -0.322. The van der Waals surface area contributed by atoms with E-state index in [9.17, 15) is 4.79 Å². The lowest BCUT2D eigenvalue weighted by atomic mass is 10.1. The molecule has 4 heteroatoms. The Balaban J connectivity index is 2.69. The summed E-state index contributed by atoms with van der Waals surface area (Å²) in [7, 11) is 0. The SMILES string of the molecule is CCCCNC(=O)/C(C#N)=C/c1ccncc1. The van der Waals surface area contributed by atoms with Gasteiger partial charge >= 0.3 is 0 Å². The van der Waals surface area contributed by atoms with Crippen LogP contribution in [0.3, 0.4) is 0 Å². The van der Waals surface area contributed by atoms with Gasteiger partial charge in [-0.15, -0.1) is 0 Å². The van der Waals surface area contributed by atoms with Gasteiger partial charge < -0.3 is 5.32 Å². The molecule has 0 aliphatic rings. The summed E-state index contributed by atoms with van der Waals surface area (Å²) in [4.78, 5) is 15.5. The van der Waals surface area contributed by atoms with Gasteiger partial charge in [0.25, 0.3) is 5.91 Å². The molecule has 1 aromatic heterocycles. The van der Waals surface area contributed by atoms with Crippen LogP contribution >= 0.6 is 0 Å². The highest BCUT2D eigenvalue weighted by atomic mass is 16.1. The van der Waals surface area contributed by atoms with Crippen molar-refractivity contribution in [3.05, 3.63) is 35.7 Å². The molecule has 0 saturated heterocycles. The first kappa shape index (κ1) is 12.9. The van der Waals surface area contributed by atoms with Gasteiger partial charge in [-0.25, -0.2) is 0 Å². The number of hydrogen-bond acceptors (Lipinski definition) is 3. The third kappa shape index (κ3) is 4.47. The summed E-state index contributed by atoms with van der Waals surface area (Å²) < 4.78 is 0. The lowest BCUT2D eigenvalue weighted by Crippen LogP contribution is -2.25. The first-order valence-electron chi connectivity index (χ1n) is 5.58. The lowest BCUT2D eigenvalue weighted by molar-refractivity contribution is -0.117. The normalized spacial score (nSPS) is 10.7. The molecule has 1 N–H and O–H groups in total. The third-order valence-corrected chi connectivity index (χ3v) is 2.20. The smallest absolute Gasteiger partial charge is 0.261 e. The highest BCUT2D eigenvalue weighted by molar-refractivity contribution is 6.01. The number of unbranched alkanes of at least 4 members (excludes halogenated alkanes) is 1. The van der Waals surface area contributed by atoms with E-state index in [1.165, 1.54) is 0 Å². The van der Waals surface area contributed by atoms with E-state index in [4.69, 9.17) is 5.26 Å². The fraction of sp³-hybridized carbons (Fsp3) is 0.308. The Morgan fingerprint density at radius 2 is 2.24 bits per heavy atom. The Morgan fingerprint density at radius 3 is 2.82 bits per heavy atom. The summed E-state index contributed by atoms with van der Waals surface area (Å²) in [6.07, 6.45) is 6.73. The van der Waals surface area contributed by atoms with Crippen LogP contribution in [-0.4, -0.2) is 17.4 Å². The van der Waals surface area contributed by atoms with Gasteiger partial charge in [-0.3, -0.25) is 9.78 Å². The minimum absolute atomic E-state index is 0.118.